The predicted octanol–water partition coefficient (Wildman–Crippen LogP) is 5.31. The molecule has 0 saturated heterocycles. The van der Waals surface area contributed by atoms with E-state index in [0.29, 0.717) is 44.2 Å². The van der Waals surface area contributed by atoms with E-state index in [1.807, 2.05) is 0 Å². The van der Waals surface area contributed by atoms with Crippen molar-refractivity contribution in [2.75, 3.05) is 21.3 Å². The van der Waals surface area contributed by atoms with Crippen LogP contribution in [0, 0.1) is 0 Å². The van der Waals surface area contributed by atoms with Crippen molar-refractivity contribution in [1.82, 2.24) is 0 Å². The summed E-state index contributed by atoms with van der Waals surface area (Å²) in [6, 6.07) is 15.0. The highest BCUT2D eigenvalue weighted by Crippen LogP contribution is 2.42. The number of fused-ring (bicyclic) bond motifs is 1. The molecule has 0 amide bonds. The van der Waals surface area contributed by atoms with Gasteiger partial charge in [0.2, 0.25) is 11.5 Å². The van der Waals surface area contributed by atoms with Gasteiger partial charge in [0, 0.05) is 16.1 Å². The van der Waals surface area contributed by atoms with E-state index in [1.54, 1.807) is 54.6 Å². The molecule has 0 radical (unpaired) electrons. The Bertz CT molecular complexity index is 1280. The van der Waals surface area contributed by atoms with Gasteiger partial charge >= 0.3 is 5.97 Å². The van der Waals surface area contributed by atoms with Gasteiger partial charge in [0.15, 0.2) is 17.3 Å². The van der Waals surface area contributed by atoms with Crippen molar-refractivity contribution in [2.24, 2.45) is 0 Å². The minimum atomic E-state index is -0.530. The number of allylic oxidation sites excluding steroid dienone is 1. The number of ketones is 1. The van der Waals surface area contributed by atoms with Crippen LogP contribution in [0.4, 0.5) is 0 Å². The van der Waals surface area contributed by atoms with E-state index < -0.39 is 5.97 Å². The van der Waals surface area contributed by atoms with Crippen molar-refractivity contribution < 1.29 is 33.3 Å². The highest BCUT2D eigenvalue weighted by molar-refractivity contribution is 9.10. The fraction of sp³-hybridized carbons (Fsp3) is 0.120. The topological polar surface area (TPSA) is 80.3 Å². The number of rotatable bonds is 6. The Morgan fingerprint density at radius 3 is 2.39 bits per heavy atom. The lowest BCUT2D eigenvalue weighted by molar-refractivity contribution is 0.0733. The zero-order valence-electron chi connectivity index (χ0n) is 18.0. The number of methoxy groups -OCH3 is 3. The maximum atomic E-state index is 12.9. The molecular formula is C25H19BrO7. The molecule has 0 atom stereocenters. The summed E-state index contributed by atoms with van der Waals surface area (Å²) < 4.78 is 28.0. The van der Waals surface area contributed by atoms with Crippen molar-refractivity contribution in [1.29, 1.82) is 0 Å². The number of carbonyl (C=O) groups excluding carboxylic acids is 2. The summed E-state index contributed by atoms with van der Waals surface area (Å²) in [5, 5.41) is 0. The minimum absolute atomic E-state index is 0.102. The first kappa shape index (κ1) is 22.4. The van der Waals surface area contributed by atoms with Crippen molar-refractivity contribution >= 4 is 33.8 Å². The summed E-state index contributed by atoms with van der Waals surface area (Å²) in [6.45, 7) is 0. The molecule has 1 aliphatic rings. The second-order valence-corrected chi connectivity index (χ2v) is 7.74. The molecule has 3 aromatic rings. The number of Topliss-reactive ketones (excluding diaryl/α,β-unsaturated/α-hetero) is 1. The van der Waals surface area contributed by atoms with E-state index in [-0.39, 0.29) is 17.3 Å². The maximum Gasteiger partial charge on any atom is 0.344 e. The summed E-state index contributed by atoms with van der Waals surface area (Å²) >= 11 is 3.33. The van der Waals surface area contributed by atoms with Gasteiger partial charge < -0.3 is 23.7 Å². The Hall–Kier alpha value is -3.78. The average molecular weight is 511 g/mol. The summed E-state index contributed by atoms with van der Waals surface area (Å²) in [6.07, 6.45) is 1.57. The van der Waals surface area contributed by atoms with Gasteiger partial charge in [0.05, 0.1) is 32.5 Å². The standard InChI is InChI=1S/C25H19BrO7/c1-29-19-11-8-14(23(30-2)24(19)31-3)12-21-22(27)17-10-9-15(13-20(17)33-21)32-25(28)16-6-4-5-7-18(16)26/h4-13H,1-3H3/b21-12-. The summed E-state index contributed by atoms with van der Waals surface area (Å²) in [5.74, 6) is 1.12. The highest BCUT2D eigenvalue weighted by atomic mass is 79.9. The molecule has 0 bridgehead atoms. The van der Waals surface area contributed by atoms with Gasteiger partial charge in [0.1, 0.15) is 11.5 Å². The zero-order chi connectivity index (χ0) is 23.5. The van der Waals surface area contributed by atoms with Crippen LogP contribution in [0.5, 0.6) is 28.7 Å². The van der Waals surface area contributed by atoms with E-state index >= 15 is 0 Å². The van der Waals surface area contributed by atoms with Gasteiger partial charge in [-0.15, -0.1) is 0 Å². The van der Waals surface area contributed by atoms with Crippen LogP contribution >= 0.6 is 15.9 Å². The third-order valence-corrected chi connectivity index (χ3v) is 5.66. The molecule has 4 rings (SSSR count). The second-order valence-electron chi connectivity index (χ2n) is 6.89. The van der Waals surface area contributed by atoms with Crippen LogP contribution < -0.4 is 23.7 Å². The van der Waals surface area contributed by atoms with E-state index in [2.05, 4.69) is 15.9 Å². The Balaban J connectivity index is 1.61. The predicted molar refractivity (Wildman–Crippen MR) is 125 cm³/mol. The van der Waals surface area contributed by atoms with Crippen LogP contribution in [0.1, 0.15) is 26.3 Å². The summed E-state index contributed by atoms with van der Waals surface area (Å²) in [4.78, 5) is 25.4. The molecule has 0 saturated carbocycles. The van der Waals surface area contributed by atoms with Crippen LogP contribution in [0.3, 0.4) is 0 Å². The Kier molecular flexibility index (Phi) is 6.37. The van der Waals surface area contributed by atoms with Crippen LogP contribution in [0.15, 0.2) is 64.8 Å². The molecule has 0 unspecified atom stereocenters. The third kappa shape index (κ3) is 4.29. The largest absolute Gasteiger partial charge is 0.493 e. The first-order valence-corrected chi connectivity index (χ1v) is 10.6. The molecule has 8 heteroatoms. The van der Waals surface area contributed by atoms with E-state index in [4.69, 9.17) is 23.7 Å². The monoisotopic (exact) mass is 510 g/mol. The molecule has 7 nitrogen and oxygen atoms in total. The fourth-order valence-electron chi connectivity index (χ4n) is 3.40. The quantitative estimate of drug-likeness (QED) is 0.252. The van der Waals surface area contributed by atoms with Crippen LogP contribution in [-0.2, 0) is 0 Å². The SMILES string of the molecule is COc1ccc(/C=C2\Oc3cc(OC(=O)c4ccccc4Br)ccc3C2=O)c(OC)c1OC. The van der Waals surface area contributed by atoms with Gasteiger partial charge in [-0.05, 0) is 58.4 Å². The Morgan fingerprint density at radius 2 is 1.70 bits per heavy atom. The van der Waals surface area contributed by atoms with Gasteiger partial charge in [-0.3, -0.25) is 4.79 Å². The Morgan fingerprint density at radius 1 is 0.939 bits per heavy atom. The third-order valence-electron chi connectivity index (χ3n) is 4.97. The molecule has 33 heavy (non-hydrogen) atoms. The molecule has 1 aliphatic heterocycles. The second kappa shape index (κ2) is 9.38. The van der Waals surface area contributed by atoms with Crippen molar-refractivity contribution in [3.05, 3.63) is 81.5 Å². The minimum Gasteiger partial charge on any atom is -0.493 e. The number of benzene rings is 3. The van der Waals surface area contributed by atoms with Crippen LogP contribution in [0.25, 0.3) is 6.08 Å². The molecule has 0 N–H and O–H groups in total. The molecule has 0 aromatic heterocycles. The summed E-state index contributed by atoms with van der Waals surface area (Å²) in [7, 11) is 4.52. The highest BCUT2D eigenvalue weighted by Gasteiger charge is 2.29. The van der Waals surface area contributed by atoms with Gasteiger partial charge in [0.25, 0.3) is 0 Å². The molecule has 0 aliphatic carbocycles. The first-order chi connectivity index (χ1) is 16.0. The van der Waals surface area contributed by atoms with Gasteiger partial charge in [-0.25, -0.2) is 4.79 Å². The number of hydrogen-bond acceptors (Lipinski definition) is 7. The number of carbonyl (C=O) groups is 2. The van der Waals surface area contributed by atoms with Gasteiger partial charge in [-0.2, -0.15) is 0 Å². The smallest absolute Gasteiger partial charge is 0.344 e. The maximum absolute atomic E-state index is 12.9. The lowest BCUT2D eigenvalue weighted by atomic mass is 10.1. The Labute approximate surface area is 198 Å². The molecule has 0 fully saturated rings. The summed E-state index contributed by atoms with van der Waals surface area (Å²) in [5.41, 5.74) is 1.32. The van der Waals surface area contributed by atoms with Crippen molar-refractivity contribution in [3.8, 4) is 28.7 Å². The lowest BCUT2D eigenvalue weighted by Gasteiger charge is -2.14. The number of esters is 1. The molecule has 3 aromatic carbocycles. The molecule has 168 valence electrons. The average Bonchev–Trinajstić information content (AvgIpc) is 3.13. The van der Waals surface area contributed by atoms with E-state index in [1.165, 1.54) is 27.4 Å². The number of ether oxygens (including phenoxy) is 5. The normalized spacial score (nSPS) is 13.3. The fourth-order valence-corrected chi connectivity index (χ4v) is 3.85. The number of hydrogen-bond donors (Lipinski definition) is 0. The van der Waals surface area contributed by atoms with E-state index in [0.717, 1.165) is 0 Å². The van der Waals surface area contributed by atoms with Crippen LogP contribution in [-0.4, -0.2) is 33.1 Å². The molecular weight excluding hydrogens is 492 g/mol. The number of halogens is 1. The van der Waals surface area contributed by atoms with Gasteiger partial charge in [-0.1, -0.05) is 12.1 Å². The molecule has 0 spiro atoms. The molecule has 1 heterocycles. The van der Waals surface area contributed by atoms with Crippen LogP contribution in [0.2, 0.25) is 0 Å². The van der Waals surface area contributed by atoms with Crippen molar-refractivity contribution in [3.63, 3.8) is 0 Å². The van der Waals surface area contributed by atoms with E-state index in [9.17, 15) is 9.59 Å². The zero-order valence-corrected chi connectivity index (χ0v) is 19.6. The lowest BCUT2D eigenvalue weighted by Crippen LogP contribution is -2.09. The first-order valence-electron chi connectivity index (χ1n) is 9.80. The van der Waals surface area contributed by atoms with Crippen molar-refractivity contribution in [2.45, 2.75) is 0 Å².